The minimum Gasteiger partial charge on any atom is -0.465 e. The van der Waals surface area contributed by atoms with Crippen molar-refractivity contribution in [1.82, 2.24) is 15.1 Å². The van der Waals surface area contributed by atoms with Crippen LogP contribution in [0.1, 0.15) is 20.8 Å². The van der Waals surface area contributed by atoms with Gasteiger partial charge in [0, 0.05) is 29.5 Å². The molecule has 1 fully saturated rings. The van der Waals surface area contributed by atoms with Gasteiger partial charge < -0.3 is 29.4 Å². The quantitative estimate of drug-likeness (QED) is 0.303. The maximum atomic E-state index is 11.9. The molecule has 2 heterocycles. The third kappa shape index (κ3) is 5.23. The molecule has 33 heavy (non-hydrogen) atoms. The summed E-state index contributed by atoms with van der Waals surface area (Å²) in [5.74, 6) is -0.401. The van der Waals surface area contributed by atoms with E-state index in [1.165, 1.54) is 4.90 Å². The Kier molecular flexibility index (Phi) is 7.23. The first-order valence-electron chi connectivity index (χ1n) is 10.4. The van der Waals surface area contributed by atoms with Gasteiger partial charge in [0.15, 0.2) is 8.32 Å². The third-order valence-corrected chi connectivity index (χ3v) is 12.1. The molecule has 1 aliphatic heterocycles. The van der Waals surface area contributed by atoms with Crippen molar-refractivity contribution < 1.29 is 19.3 Å². The fourth-order valence-corrected chi connectivity index (χ4v) is 5.01. The first kappa shape index (κ1) is 25.6. The lowest BCUT2D eigenvalue weighted by molar-refractivity contribution is -0.389. The molecule has 1 N–H and O–H groups in total. The summed E-state index contributed by atoms with van der Waals surface area (Å²) in [6, 6.07) is 2.83. The average Bonchev–Trinajstić information content (AvgIpc) is 2.71. The smallest absolute Gasteiger partial charge is 0.414 e. The molecule has 13 heteroatoms. The van der Waals surface area contributed by atoms with E-state index in [1.54, 1.807) is 12.1 Å². The number of piperazine rings is 1. The van der Waals surface area contributed by atoms with E-state index in [-0.39, 0.29) is 37.0 Å². The minimum atomic E-state index is -2.16. The van der Waals surface area contributed by atoms with Crippen LogP contribution in [-0.2, 0) is 4.43 Å². The summed E-state index contributed by atoms with van der Waals surface area (Å²) in [7, 11) is -2.16. The lowest BCUT2D eigenvalue weighted by Gasteiger charge is -2.44. The van der Waals surface area contributed by atoms with Crippen molar-refractivity contribution in [2.75, 3.05) is 31.1 Å². The fourth-order valence-electron chi connectivity index (χ4n) is 3.47. The van der Waals surface area contributed by atoms with Gasteiger partial charge in [-0.3, -0.25) is 0 Å². The molecule has 1 aromatic carbocycles. The number of amides is 1. The van der Waals surface area contributed by atoms with Crippen LogP contribution in [-0.4, -0.2) is 71.8 Å². The molecule has 0 bridgehead atoms. The summed E-state index contributed by atoms with van der Waals surface area (Å²) in [5.41, 5.74) is 0.713. The third-order valence-electron chi connectivity index (χ3n) is 6.41. The Balaban J connectivity index is 2.11. The normalized spacial score (nSPS) is 17.5. The summed E-state index contributed by atoms with van der Waals surface area (Å²) in [6.45, 7) is 11.4. The number of fused-ring (bicyclic) bond motifs is 1. The van der Waals surface area contributed by atoms with E-state index >= 15 is 0 Å². The standard InChI is InChI=1S/C20H27BrClN5O5Si/c1-20(2,3)33(4,5)32-11-12-10-25(19(28)29)6-7-26(12)17-13-8-15(22)14(21)9-16(13)23-24-18(17)27(30)31/h8-9,12H,6-7,10-11H2,1-5H3,(H,28,29)/t12-/m1/s1. The molecule has 2 aromatic rings. The zero-order valence-corrected chi connectivity index (χ0v) is 22.5. The highest BCUT2D eigenvalue weighted by molar-refractivity contribution is 9.10. The predicted molar refractivity (Wildman–Crippen MR) is 133 cm³/mol. The van der Waals surface area contributed by atoms with E-state index in [4.69, 9.17) is 16.0 Å². The van der Waals surface area contributed by atoms with Gasteiger partial charge in [0.25, 0.3) is 0 Å². The molecule has 1 atom stereocenters. The lowest BCUT2D eigenvalue weighted by atomic mass is 10.1. The van der Waals surface area contributed by atoms with Gasteiger partial charge in [0.1, 0.15) is 11.2 Å². The molecule has 0 aliphatic carbocycles. The van der Waals surface area contributed by atoms with Crippen molar-refractivity contribution in [3.8, 4) is 0 Å². The van der Waals surface area contributed by atoms with Crippen molar-refractivity contribution in [2.45, 2.75) is 44.9 Å². The number of nitro groups is 1. The zero-order valence-electron chi connectivity index (χ0n) is 19.1. The van der Waals surface area contributed by atoms with Gasteiger partial charge in [-0.25, -0.2) is 4.79 Å². The van der Waals surface area contributed by atoms with Crippen LogP contribution in [0, 0.1) is 10.1 Å². The first-order valence-corrected chi connectivity index (χ1v) is 14.5. The molecule has 1 amide bonds. The molecule has 0 saturated carbocycles. The van der Waals surface area contributed by atoms with Gasteiger partial charge in [-0.15, -0.1) is 0 Å². The van der Waals surface area contributed by atoms with Crippen LogP contribution in [0.3, 0.4) is 0 Å². The van der Waals surface area contributed by atoms with Crippen molar-refractivity contribution in [3.05, 3.63) is 31.7 Å². The molecule has 1 aromatic heterocycles. The highest BCUT2D eigenvalue weighted by Crippen LogP contribution is 2.40. The second-order valence-electron chi connectivity index (χ2n) is 9.56. The number of nitrogens with zero attached hydrogens (tertiary/aromatic N) is 5. The highest BCUT2D eigenvalue weighted by Gasteiger charge is 2.41. The van der Waals surface area contributed by atoms with Gasteiger partial charge in [0.05, 0.1) is 22.8 Å². The summed E-state index contributed by atoms with van der Waals surface area (Å²) < 4.78 is 7.00. The second-order valence-corrected chi connectivity index (χ2v) is 15.6. The number of hydrogen-bond acceptors (Lipinski definition) is 7. The number of benzene rings is 1. The zero-order chi connectivity index (χ0) is 24.7. The maximum Gasteiger partial charge on any atom is 0.414 e. The van der Waals surface area contributed by atoms with Gasteiger partial charge in [-0.2, -0.15) is 0 Å². The van der Waals surface area contributed by atoms with Crippen molar-refractivity contribution in [3.63, 3.8) is 0 Å². The number of aromatic nitrogens is 2. The number of anilines is 1. The summed E-state index contributed by atoms with van der Waals surface area (Å²) in [5, 5.41) is 30.2. The van der Waals surface area contributed by atoms with Crippen LogP contribution in [0.5, 0.6) is 0 Å². The molecule has 3 rings (SSSR count). The highest BCUT2D eigenvalue weighted by atomic mass is 79.9. The van der Waals surface area contributed by atoms with Crippen molar-refractivity contribution in [2.24, 2.45) is 0 Å². The van der Waals surface area contributed by atoms with Gasteiger partial charge in [-0.1, -0.05) is 32.4 Å². The van der Waals surface area contributed by atoms with Crippen LogP contribution < -0.4 is 4.90 Å². The predicted octanol–water partition coefficient (Wildman–Crippen LogP) is 5.14. The Morgan fingerprint density at radius 3 is 2.61 bits per heavy atom. The Bertz CT molecular complexity index is 1100. The lowest BCUT2D eigenvalue weighted by Crippen LogP contribution is -2.58. The van der Waals surface area contributed by atoms with Crippen LogP contribution >= 0.6 is 27.5 Å². The van der Waals surface area contributed by atoms with E-state index in [1.807, 2.05) is 4.90 Å². The average molecular weight is 561 g/mol. The van der Waals surface area contributed by atoms with E-state index in [0.717, 1.165) is 0 Å². The van der Waals surface area contributed by atoms with E-state index in [2.05, 4.69) is 60.0 Å². The topological polar surface area (TPSA) is 122 Å². The van der Waals surface area contributed by atoms with Crippen molar-refractivity contribution in [1.29, 1.82) is 0 Å². The van der Waals surface area contributed by atoms with Gasteiger partial charge in [0.2, 0.25) is 0 Å². The molecule has 1 aliphatic rings. The molecule has 0 radical (unpaired) electrons. The Labute approximate surface area is 206 Å². The number of halogens is 2. The molecule has 180 valence electrons. The SMILES string of the molecule is CC(C)(C)[Si](C)(C)OC[C@H]1CN(C(=O)O)CCN1c1c([N+](=O)[O-])nnc2cc(Br)c(Cl)cc12. The van der Waals surface area contributed by atoms with E-state index in [9.17, 15) is 20.0 Å². The monoisotopic (exact) mass is 559 g/mol. The molecular formula is C20H27BrClN5O5Si. The van der Waals surface area contributed by atoms with Gasteiger partial charge in [-0.05, 0) is 56.2 Å². The van der Waals surface area contributed by atoms with Crippen LogP contribution in [0.2, 0.25) is 23.2 Å². The Hall–Kier alpha value is -2.02. The first-order chi connectivity index (χ1) is 15.2. The molecule has 1 saturated heterocycles. The van der Waals surface area contributed by atoms with E-state index in [0.29, 0.717) is 20.4 Å². The maximum absolute atomic E-state index is 11.9. The Morgan fingerprint density at radius 2 is 2.03 bits per heavy atom. The number of rotatable bonds is 5. The van der Waals surface area contributed by atoms with Crippen molar-refractivity contribution >= 4 is 64.3 Å². The fraction of sp³-hybridized carbons (Fsp3) is 0.550. The number of hydrogen-bond donors (Lipinski definition) is 1. The largest absolute Gasteiger partial charge is 0.465 e. The molecule has 0 unspecified atom stereocenters. The van der Waals surface area contributed by atoms with Crippen LogP contribution in [0.25, 0.3) is 10.9 Å². The summed E-state index contributed by atoms with van der Waals surface area (Å²) in [4.78, 5) is 26.1. The minimum absolute atomic E-state index is 0.0459. The second kappa shape index (κ2) is 9.32. The van der Waals surface area contributed by atoms with E-state index < -0.39 is 31.2 Å². The van der Waals surface area contributed by atoms with Crippen LogP contribution in [0.15, 0.2) is 16.6 Å². The van der Waals surface area contributed by atoms with Crippen LogP contribution in [0.4, 0.5) is 16.3 Å². The number of carboxylic acid groups (broad SMARTS) is 1. The molecular weight excluding hydrogens is 534 g/mol. The Morgan fingerprint density at radius 1 is 1.36 bits per heavy atom. The molecule has 10 nitrogen and oxygen atoms in total. The van der Waals surface area contributed by atoms with Gasteiger partial charge >= 0.3 is 11.9 Å². The number of carbonyl (C=O) groups is 1. The summed E-state index contributed by atoms with van der Waals surface area (Å²) >= 11 is 9.66. The summed E-state index contributed by atoms with van der Waals surface area (Å²) in [6.07, 6.45) is -1.04. The molecule has 0 spiro atoms.